The molecule has 0 aliphatic rings. The molecule has 1 aromatic rings. The van der Waals surface area contributed by atoms with Crippen LogP contribution in [0.4, 0.5) is 0 Å². The zero-order valence-electron chi connectivity index (χ0n) is 16.2. The summed E-state index contributed by atoms with van der Waals surface area (Å²) in [6.45, 7) is 10.1. The van der Waals surface area contributed by atoms with Crippen molar-refractivity contribution >= 4 is 17.7 Å². The van der Waals surface area contributed by atoms with E-state index < -0.39 is 0 Å². The summed E-state index contributed by atoms with van der Waals surface area (Å²) in [6, 6.07) is 9.39. The first-order valence-electron chi connectivity index (χ1n) is 8.88. The Morgan fingerprint density at radius 3 is 2.19 bits per heavy atom. The number of hydrogen-bond donors (Lipinski definition) is 1. The number of hydrogen-bond acceptors (Lipinski definition) is 4. The highest BCUT2D eigenvalue weighted by Crippen LogP contribution is 2.27. The molecule has 0 saturated carbocycles. The molecule has 0 fully saturated rings. The number of benzene rings is 1. The van der Waals surface area contributed by atoms with E-state index in [0.717, 1.165) is 23.4 Å². The second kappa shape index (κ2) is 10.7. The summed E-state index contributed by atoms with van der Waals surface area (Å²) in [6.07, 6.45) is 1.98. The van der Waals surface area contributed by atoms with Gasteiger partial charge in [-0.2, -0.15) is 10.5 Å². The van der Waals surface area contributed by atoms with Crippen LogP contribution in [0.5, 0.6) is 0 Å². The van der Waals surface area contributed by atoms with Crippen LogP contribution in [0.25, 0.3) is 0 Å². The van der Waals surface area contributed by atoms with Gasteiger partial charge >= 0.3 is 0 Å². The maximum atomic E-state index is 12.0. The van der Waals surface area contributed by atoms with E-state index in [4.69, 9.17) is 10.5 Å². The van der Waals surface area contributed by atoms with E-state index in [0.29, 0.717) is 22.8 Å². The van der Waals surface area contributed by atoms with Gasteiger partial charge in [0, 0.05) is 22.3 Å². The summed E-state index contributed by atoms with van der Waals surface area (Å²) in [4.78, 5) is 12.9. The largest absolute Gasteiger partial charge is 0.330 e. The van der Waals surface area contributed by atoms with E-state index in [1.54, 1.807) is 30.0 Å². The van der Waals surface area contributed by atoms with E-state index in [1.165, 1.54) is 5.57 Å². The number of amides is 1. The molecule has 5 heteroatoms. The highest BCUT2D eigenvalue weighted by atomic mass is 32.2. The fourth-order valence-corrected chi connectivity index (χ4v) is 3.38. The fourth-order valence-electron chi connectivity index (χ4n) is 2.28. The molecular formula is C21H27N3OS. The van der Waals surface area contributed by atoms with Gasteiger partial charge in [-0.3, -0.25) is 4.79 Å². The van der Waals surface area contributed by atoms with Crippen LogP contribution in [-0.2, 0) is 4.79 Å². The molecule has 1 unspecified atom stereocenters. The molecule has 0 radical (unpaired) electrons. The van der Waals surface area contributed by atoms with Crippen molar-refractivity contribution in [1.29, 1.82) is 10.5 Å². The molecular weight excluding hydrogens is 342 g/mol. The minimum absolute atomic E-state index is 0.0207. The first-order chi connectivity index (χ1) is 12.3. The molecule has 138 valence electrons. The zero-order chi connectivity index (χ0) is 19.7. The van der Waals surface area contributed by atoms with Crippen LogP contribution < -0.4 is 5.32 Å². The number of allylic oxidation sites excluding steroid dienone is 1. The Morgan fingerprint density at radius 2 is 1.73 bits per heavy atom. The summed E-state index contributed by atoms with van der Waals surface area (Å²) < 4.78 is 0. The predicted molar refractivity (Wildman–Crippen MR) is 106 cm³/mol. The van der Waals surface area contributed by atoms with Gasteiger partial charge in [0.2, 0.25) is 5.91 Å². The Labute approximate surface area is 161 Å². The third-order valence-corrected chi connectivity index (χ3v) is 5.30. The molecule has 0 aromatic heterocycles. The lowest BCUT2D eigenvalue weighted by molar-refractivity contribution is -0.123. The van der Waals surface area contributed by atoms with Crippen LogP contribution in [0, 0.1) is 34.5 Å². The van der Waals surface area contributed by atoms with Crippen LogP contribution in [0.15, 0.2) is 34.4 Å². The van der Waals surface area contributed by atoms with Gasteiger partial charge in [0.1, 0.15) is 0 Å². The van der Waals surface area contributed by atoms with Crippen LogP contribution >= 0.6 is 11.8 Å². The quantitative estimate of drug-likeness (QED) is 0.654. The smallest absolute Gasteiger partial charge is 0.226 e. The summed E-state index contributed by atoms with van der Waals surface area (Å²) in [5, 5.41) is 21.3. The van der Waals surface area contributed by atoms with E-state index in [9.17, 15) is 4.79 Å². The topological polar surface area (TPSA) is 76.7 Å². The molecule has 0 aliphatic carbocycles. The van der Waals surface area contributed by atoms with E-state index in [2.05, 4.69) is 31.3 Å². The monoisotopic (exact) mass is 369 g/mol. The average molecular weight is 370 g/mol. The Kier molecular flexibility index (Phi) is 8.96. The SMILES string of the molecule is CCC(C)C/C(CSc1cc(C#N)cc(C#N)c1)=C(\C)NC(=O)C(C)C. The van der Waals surface area contributed by atoms with Crippen molar-refractivity contribution in [2.75, 3.05) is 5.75 Å². The number of nitrogens with zero attached hydrogens (tertiary/aromatic N) is 2. The molecule has 26 heavy (non-hydrogen) atoms. The third-order valence-electron chi connectivity index (χ3n) is 4.23. The van der Waals surface area contributed by atoms with Gasteiger partial charge in [-0.25, -0.2) is 0 Å². The summed E-state index contributed by atoms with van der Waals surface area (Å²) in [5.74, 6) is 1.20. The molecule has 0 heterocycles. The first-order valence-corrected chi connectivity index (χ1v) is 9.86. The second-order valence-electron chi connectivity index (χ2n) is 6.85. The molecule has 0 aliphatic heterocycles. The molecule has 0 saturated heterocycles. The van der Waals surface area contributed by atoms with Crippen LogP contribution in [-0.4, -0.2) is 11.7 Å². The van der Waals surface area contributed by atoms with Crippen molar-refractivity contribution in [2.24, 2.45) is 11.8 Å². The number of thioether (sulfide) groups is 1. The number of carbonyl (C=O) groups excluding carboxylic acids is 1. The molecule has 0 bridgehead atoms. The summed E-state index contributed by atoms with van der Waals surface area (Å²) in [7, 11) is 0. The Hall–Kier alpha value is -2.24. The highest BCUT2D eigenvalue weighted by Gasteiger charge is 2.13. The molecule has 1 rings (SSSR count). The molecule has 0 spiro atoms. The number of nitrogens with one attached hydrogen (secondary N) is 1. The lowest BCUT2D eigenvalue weighted by Gasteiger charge is -2.18. The van der Waals surface area contributed by atoms with Gasteiger partial charge < -0.3 is 5.32 Å². The maximum absolute atomic E-state index is 12.0. The van der Waals surface area contributed by atoms with Crippen LogP contribution in [0.2, 0.25) is 0 Å². The van der Waals surface area contributed by atoms with Crippen molar-refractivity contribution < 1.29 is 4.79 Å². The fraction of sp³-hybridized carbons (Fsp3) is 0.476. The predicted octanol–water partition coefficient (Wildman–Crippen LogP) is 5.00. The number of rotatable bonds is 8. The van der Waals surface area contributed by atoms with Crippen molar-refractivity contribution in [3.63, 3.8) is 0 Å². The molecule has 1 N–H and O–H groups in total. The van der Waals surface area contributed by atoms with Crippen molar-refractivity contribution in [2.45, 2.75) is 52.4 Å². The normalized spacial score (nSPS) is 12.8. The van der Waals surface area contributed by atoms with Crippen LogP contribution in [0.1, 0.15) is 58.6 Å². The van der Waals surface area contributed by atoms with Gasteiger partial charge in [-0.05, 0) is 43.0 Å². The molecule has 1 atom stereocenters. The van der Waals surface area contributed by atoms with Crippen molar-refractivity contribution in [3.8, 4) is 12.1 Å². The number of nitriles is 2. The van der Waals surface area contributed by atoms with Gasteiger partial charge in [0.25, 0.3) is 0 Å². The Bertz CT molecular complexity index is 721. The van der Waals surface area contributed by atoms with E-state index >= 15 is 0 Å². The van der Waals surface area contributed by atoms with Gasteiger partial charge in [-0.1, -0.05) is 34.1 Å². The van der Waals surface area contributed by atoms with E-state index in [1.807, 2.05) is 20.8 Å². The zero-order valence-corrected chi connectivity index (χ0v) is 17.0. The van der Waals surface area contributed by atoms with Crippen molar-refractivity contribution in [1.82, 2.24) is 5.32 Å². The average Bonchev–Trinajstić information content (AvgIpc) is 2.63. The molecule has 4 nitrogen and oxygen atoms in total. The Balaban J connectivity index is 3.02. The second-order valence-corrected chi connectivity index (χ2v) is 7.90. The van der Waals surface area contributed by atoms with Gasteiger partial charge in [0.05, 0.1) is 23.3 Å². The molecule has 1 amide bonds. The lowest BCUT2D eigenvalue weighted by Crippen LogP contribution is -2.27. The van der Waals surface area contributed by atoms with Crippen LogP contribution in [0.3, 0.4) is 0 Å². The highest BCUT2D eigenvalue weighted by molar-refractivity contribution is 7.99. The third kappa shape index (κ3) is 6.94. The van der Waals surface area contributed by atoms with E-state index in [-0.39, 0.29) is 11.8 Å². The standard InChI is InChI=1S/C21H27N3OS/c1-6-15(4)7-19(16(5)24-21(25)14(2)3)13-26-20-9-17(11-22)8-18(10-20)12-23/h8-10,14-15H,6-7,13H2,1-5H3,(H,24,25)/b19-16-. The Morgan fingerprint density at radius 1 is 1.15 bits per heavy atom. The molecule has 1 aromatic carbocycles. The summed E-state index contributed by atoms with van der Waals surface area (Å²) >= 11 is 1.59. The maximum Gasteiger partial charge on any atom is 0.226 e. The van der Waals surface area contributed by atoms with Gasteiger partial charge in [-0.15, -0.1) is 11.8 Å². The lowest BCUT2D eigenvalue weighted by atomic mass is 9.98. The van der Waals surface area contributed by atoms with Crippen molar-refractivity contribution in [3.05, 3.63) is 40.6 Å². The minimum Gasteiger partial charge on any atom is -0.330 e. The first kappa shape index (κ1) is 21.8. The number of carbonyl (C=O) groups is 1. The summed E-state index contributed by atoms with van der Waals surface area (Å²) in [5.41, 5.74) is 3.08. The minimum atomic E-state index is -0.0621. The van der Waals surface area contributed by atoms with Gasteiger partial charge in [0.15, 0.2) is 0 Å².